The molecule has 0 aliphatic carbocycles. The molecule has 1 heterocycles. The number of alkyl halides is 3. The van der Waals surface area contributed by atoms with Crippen LogP contribution in [0.1, 0.15) is 11.1 Å². The lowest BCUT2D eigenvalue weighted by Crippen LogP contribution is -2.05. The van der Waals surface area contributed by atoms with Crippen molar-refractivity contribution in [3.8, 4) is 5.75 Å². The minimum absolute atomic E-state index is 0.138. The number of hydrogen-bond acceptors (Lipinski definition) is 4. The third-order valence-electron chi connectivity index (χ3n) is 2.38. The van der Waals surface area contributed by atoms with Gasteiger partial charge in [-0.25, -0.2) is 4.98 Å². The SMILES string of the molecule is Oc1ccc(/C=N/Nc2ccc(C(F)(F)F)cn2)cc1. The number of hydrogen-bond donors (Lipinski definition) is 2. The summed E-state index contributed by atoms with van der Waals surface area (Å²) < 4.78 is 36.9. The van der Waals surface area contributed by atoms with Crippen LogP contribution in [-0.4, -0.2) is 16.3 Å². The second-order valence-electron chi connectivity index (χ2n) is 3.89. The van der Waals surface area contributed by atoms with E-state index in [0.717, 1.165) is 17.8 Å². The van der Waals surface area contributed by atoms with E-state index in [9.17, 15) is 13.2 Å². The Hall–Kier alpha value is -2.57. The number of halogens is 3. The maximum atomic E-state index is 12.3. The molecule has 2 rings (SSSR count). The van der Waals surface area contributed by atoms with Crippen molar-refractivity contribution in [1.29, 1.82) is 0 Å². The molecule has 20 heavy (non-hydrogen) atoms. The van der Waals surface area contributed by atoms with Crippen molar-refractivity contribution in [3.05, 3.63) is 53.7 Å². The van der Waals surface area contributed by atoms with Gasteiger partial charge in [0.15, 0.2) is 0 Å². The number of pyridine rings is 1. The van der Waals surface area contributed by atoms with Crippen LogP contribution in [0.5, 0.6) is 5.75 Å². The zero-order chi connectivity index (χ0) is 14.6. The van der Waals surface area contributed by atoms with E-state index in [1.54, 1.807) is 12.1 Å². The molecule has 2 N–H and O–H groups in total. The molecule has 104 valence electrons. The van der Waals surface area contributed by atoms with E-state index in [0.29, 0.717) is 0 Å². The van der Waals surface area contributed by atoms with Gasteiger partial charge in [0, 0.05) is 6.20 Å². The first-order valence-corrected chi connectivity index (χ1v) is 5.56. The van der Waals surface area contributed by atoms with Gasteiger partial charge in [0.05, 0.1) is 11.8 Å². The van der Waals surface area contributed by atoms with Gasteiger partial charge < -0.3 is 5.11 Å². The third kappa shape index (κ3) is 3.71. The van der Waals surface area contributed by atoms with Gasteiger partial charge in [-0.15, -0.1) is 0 Å². The minimum Gasteiger partial charge on any atom is -0.508 e. The first-order chi connectivity index (χ1) is 9.45. The van der Waals surface area contributed by atoms with Gasteiger partial charge in [0.1, 0.15) is 11.6 Å². The number of nitrogens with one attached hydrogen (secondary N) is 1. The molecule has 0 aliphatic rings. The standard InChI is InChI=1S/C13H10F3N3O/c14-13(15,16)10-3-6-12(17-8-10)19-18-7-9-1-4-11(20)5-2-9/h1-8,20H,(H,17,19)/b18-7+. The van der Waals surface area contributed by atoms with Crippen LogP contribution in [0, 0.1) is 0 Å². The normalized spacial score (nSPS) is 11.8. The average Bonchev–Trinajstić information content (AvgIpc) is 2.41. The number of rotatable bonds is 3. The summed E-state index contributed by atoms with van der Waals surface area (Å²) in [7, 11) is 0. The highest BCUT2D eigenvalue weighted by Crippen LogP contribution is 2.28. The molecule has 4 nitrogen and oxygen atoms in total. The summed E-state index contributed by atoms with van der Waals surface area (Å²) in [4.78, 5) is 3.61. The quantitative estimate of drug-likeness (QED) is 0.670. The number of phenols is 1. The molecule has 7 heteroatoms. The first-order valence-electron chi connectivity index (χ1n) is 5.56. The molecular formula is C13H10F3N3O. The van der Waals surface area contributed by atoms with E-state index in [1.807, 2.05) is 0 Å². The van der Waals surface area contributed by atoms with Crippen molar-refractivity contribution < 1.29 is 18.3 Å². The van der Waals surface area contributed by atoms with Crippen LogP contribution in [-0.2, 0) is 6.18 Å². The van der Waals surface area contributed by atoms with Crippen LogP contribution in [0.25, 0.3) is 0 Å². The molecule has 0 aliphatic heterocycles. The molecule has 0 amide bonds. The van der Waals surface area contributed by atoms with Crippen LogP contribution in [0.15, 0.2) is 47.7 Å². The van der Waals surface area contributed by atoms with E-state index >= 15 is 0 Å². The maximum absolute atomic E-state index is 12.3. The number of benzene rings is 1. The van der Waals surface area contributed by atoms with E-state index < -0.39 is 11.7 Å². The Morgan fingerprint density at radius 3 is 2.35 bits per heavy atom. The molecule has 1 aromatic heterocycles. The fraction of sp³-hybridized carbons (Fsp3) is 0.0769. The van der Waals surface area contributed by atoms with Gasteiger partial charge in [-0.1, -0.05) is 0 Å². The molecule has 0 saturated carbocycles. The fourth-order valence-electron chi connectivity index (χ4n) is 1.36. The highest BCUT2D eigenvalue weighted by atomic mass is 19.4. The molecule has 0 radical (unpaired) electrons. The van der Waals surface area contributed by atoms with Crippen LogP contribution < -0.4 is 5.43 Å². The van der Waals surface area contributed by atoms with E-state index in [-0.39, 0.29) is 11.6 Å². The number of aromatic nitrogens is 1. The smallest absolute Gasteiger partial charge is 0.417 e. The molecule has 0 fully saturated rings. The zero-order valence-corrected chi connectivity index (χ0v) is 10.1. The lowest BCUT2D eigenvalue weighted by atomic mass is 10.2. The van der Waals surface area contributed by atoms with Gasteiger partial charge in [-0.2, -0.15) is 18.3 Å². The van der Waals surface area contributed by atoms with E-state index in [1.165, 1.54) is 24.4 Å². The molecule has 1 aromatic carbocycles. The monoisotopic (exact) mass is 281 g/mol. The van der Waals surface area contributed by atoms with Gasteiger partial charge in [-0.3, -0.25) is 5.43 Å². The summed E-state index contributed by atoms with van der Waals surface area (Å²) >= 11 is 0. The molecular weight excluding hydrogens is 271 g/mol. The molecule has 0 unspecified atom stereocenters. The topological polar surface area (TPSA) is 57.5 Å². The number of phenolic OH excluding ortho intramolecular Hbond substituents is 1. The first kappa shape index (κ1) is 13.9. The Morgan fingerprint density at radius 1 is 1.10 bits per heavy atom. The van der Waals surface area contributed by atoms with Crippen LogP contribution in [0.4, 0.5) is 19.0 Å². The van der Waals surface area contributed by atoms with Crippen LogP contribution in [0.2, 0.25) is 0 Å². The molecule has 0 atom stereocenters. The molecule has 2 aromatic rings. The number of aromatic hydroxyl groups is 1. The van der Waals surface area contributed by atoms with E-state index in [4.69, 9.17) is 5.11 Å². The lowest BCUT2D eigenvalue weighted by Gasteiger charge is -2.06. The van der Waals surface area contributed by atoms with Crippen LogP contribution >= 0.6 is 0 Å². The lowest BCUT2D eigenvalue weighted by molar-refractivity contribution is -0.137. The predicted octanol–water partition coefficient (Wildman–Crippen LogP) is 3.25. The highest BCUT2D eigenvalue weighted by Gasteiger charge is 2.30. The number of nitrogens with zero attached hydrogens (tertiary/aromatic N) is 2. The summed E-state index contributed by atoms with van der Waals surface area (Å²) in [6.07, 6.45) is -2.21. The Balaban J connectivity index is 1.99. The second kappa shape index (κ2) is 5.60. The maximum Gasteiger partial charge on any atom is 0.417 e. The molecule has 0 saturated heterocycles. The third-order valence-corrected chi connectivity index (χ3v) is 2.38. The highest BCUT2D eigenvalue weighted by molar-refractivity contribution is 5.80. The predicted molar refractivity (Wildman–Crippen MR) is 68.6 cm³/mol. The van der Waals surface area contributed by atoms with Crippen molar-refractivity contribution in [2.45, 2.75) is 6.18 Å². The second-order valence-corrected chi connectivity index (χ2v) is 3.89. The summed E-state index contributed by atoms with van der Waals surface area (Å²) in [5.74, 6) is 0.340. The van der Waals surface area contributed by atoms with Gasteiger partial charge in [0.25, 0.3) is 0 Å². The summed E-state index contributed by atoms with van der Waals surface area (Å²) in [6.45, 7) is 0. The van der Waals surface area contributed by atoms with Crippen molar-refractivity contribution in [1.82, 2.24) is 4.98 Å². The van der Waals surface area contributed by atoms with E-state index in [2.05, 4.69) is 15.5 Å². The summed E-state index contributed by atoms with van der Waals surface area (Å²) in [5, 5.41) is 12.9. The van der Waals surface area contributed by atoms with Crippen molar-refractivity contribution in [2.75, 3.05) is 5.43 Å². The molecule has 0 bridgehead atoms. The van der Waals surface area contributed by atoms with Crippen molar-refractivity contribution >= 4 is 12.0 Å². The zero-order valence-electron chi connectivity index (χ0n) is 10.1. The average molecular weight is 281 g/mol. The number of hydrazone groups is 1. The minimum atomic E-state index is -4.40. The van der Waals surface area contributed by atoms with Gasteiger partial charge in [0.2, 0.25) is 0 Å². The van der Waals surface area contributed by atoms with Crippen LogP contribution in [0.3, 0.4) is 0 Å². The van der Waals surface area contributed by atoms with Crippen molar-refractivity contribution in [3.63, 3.8) is 0 Å². The largest absolute Gasteiger partial charge is 0.508 e. The molecule has 0 spiro atoms. The Morgan fingerprint density at radius 2 is 1.80 bits per heavy atom. The Bertz CT molecular complexity index is 592. The summed E-state index contributed by atoms with van der Waals surface area (Å²) in [6, 6.07) is 8.39. The Kier molecular flexibility index (Phi) is 3.88. The fourth-order valence-corrected chi connectivity index (χ4v) is 1.36. The summed E-state index contributed by atoms with van der Waals surface area (Å²) in [5.41, 5.74) is 2.42. The van der Waals surface area contributed by atoms with Gasteiger partial charge >= 0.3 is 6.18 Å². The Labute approximate surface area is 112 Å². The van der Waals surface area contributed by atoms with Crippen molar-refractivity contribution in [2.24, 2.45) is 5.10 Å². The number of anilines is 1. The van der Waals surface area contributed by atoms with Gasteiger partial charge in [-0.05, 0) is 42.0 Å².